The molecule has 0 bridgehead atoms. The molecule has 1 aromatic heterocycles. The first-order chi connectivity index (χ1) is 8.54. The van der Waals surface area contributed by atoms with Crippen molar-refractivity contribution >= 4 is 5.97 Å². The Labute approximate surface area is 105 Å². The molecule has 0 aliphatic rings. The minimum atomic E-state index is -0.468. The number of methoxy groups -OCH3 is 1. The van der Waals surface area contributed by atoms with E-state index in [2.05, 4.69) is 15.0 Å². The lowest BCUT2D eigenvalue weighted by molar-refractivity contribution is 0.0593. The van der Waals surface area contributed by atoms with Gasteiger partial charge in [-0.15, -0.1) is 5.10 Å². The van der Waals surface area contributed by atoms with E-state index in [0.717, 1.165) is 16.8 Å². The summed E-state index contributed by atoms with van der Waals surface area (Å²) in [5.74, 6) is -0.468. The van der Waals surface area contributed by atoms with Crippen molar-refractivity contribution in [2.75, 3.05) is 7.11 Å². The molecule has 0 amide bonds. The molecule has 18 heavy (non-hydrogen) atoms. The molecule has 94 valence electrons. The highest BCUT2D eigenvalue weighted by atomic mass is 16.5. The first-order valence-corrected chi connectivity index (χ1v) is 5.63. The molecule has 0 atom stereocenters. The van der Waals surface area contributed by atoms with Crippen molar-refractivity contribution in [1.29, 1.82) is 0 Å². The Hall–Kier alpha value is -2.17. The molecule has 0 fully saturated rings. The van der Waals surface area contributed by atoms with Crippen molar-refractivity contribution in [1.82, 2.24) is 15.0 Å². The SMILES string of the molecule is COC(=O)c1nnn(-c2cc(C)ccc2C)c1C. The summed E-state index contributed by atoms with van der Waals surface area (Å²) < 4.78 is 6.33. The van der Waals surface area contributed by atoms with E-state index in [1.54, 1.807) is 11.6 Å². The Morgan fingerprint density at radius 2 is 2.00 bits per heavy atom. The molecular weight excluding hydrogens is 230 g/mol. The summed E-state index contributed by atoms with van der Waals surface area (Å²) in [6.07, 6.45) is 0. The predicted molar refractivity (Wildman–Crippen MR) is 66.9 cm³/mol. The molecule has 0 unspecified atom stereocenters. The number of rotatable bonds is 2. The lowest BCUT2D eigenvalue weighted by Gasteiger charge is -2.08. The Bertz CT molecular complexity index is 602. The molecule has 5 heteroatoms. The Kier molecular flexibility index (Phi) is 3.14. The fourth-order valence-electron chi connectivity index (χ4n) is 1.79. The zero-order chi connectivity index (χ0) is 13.3. The van der Waals surface area contributed by atoms with Gasteiger partial charge in [0.25, 0.3) is 0 Å². The van der Waals surface area contributed by atoms with Crippen molar-refractivity contribution < 1.29 is 9.53 Å². The quantitative estimate of drug-likeness (QED) is 0.759. The van der Waals surface area contributed by atoms with Crippen LogP contribution in [0.4, 0.5) is 0 Å². The first kappa shape index (κ1) is 12.3. The summed E-state index contributed by atoms with van der Waals surface area (Å²) in [7, 11) is 1.33. The Balaban J connectivity index is 2.55. The molecular formula is C13H15N3O2. The standard InChI is InChI=1S/C13H15N3O2/c1-8-5-6-9(2)11(7-8)16-10(3)12(14-15-16)13(17)18-4/h5-7H,1-4H3. The Morgan fingerprint density at radius 1 is 1.28 bits per heavy atom. The van der Waals surface area contributed by atoms with E-state index in [1.165, 1.54) is 7.11 Å². The number of hydrogen-bond donors (Lipinski definition) is 0. The van der Waals surface area contributed by atoms with Crippen molar-refractivity contribution in [3.8, 4) is 5.69 Å². The molecule has 0 aliphatic carbocycles. The third-order valence-electron chi connectivity index (χ3n) is 2.87. The van der Waals surface area contributed by atoms with Gasteiger partial charge in [0, 0.05) is 0 Å². The van der Waals surface area contributed by atoms with E-state index in [4.69, 9.17) is 0 Å². The average molecular weight is 245 g/mol. The topological polar surface area (TPSA) is 57.0 Å². The van der Waals surface area contributed by atoms with Gasteiger partial charge < -0.3 is 4.74 Å². The highest BCUT2D eigenvalue weighted by Crippen LogP contribution is 2.18. The van der Waals surface area contributed by atoms with Gasteiger partial charge in [0.1, 0.15) is 0 Å². The maximum atomic E-state index is 11.5. The van der Waals surface area contributed by atoms with Crippen molar-refractivity contribution in [2.45, 2.75) is 20.8 Å². The third kappa shape index (κ3) is 1.99. The van der Waals surface area contributed by atoms with E-state index < -0.39 is 5.97 Å². The molecule has 0 spiro atoms. The van der Waals surface area contributed by atoms with E-state index in [-0.39, 0.29) is 5.69 Å². The van der Waals surface area contributed by atoms with Gasteiger partial charge in [-0.1, -0.05) is 17.3 Å². The zero-order valence-electron chi connectivity index (χ0n) is 10.9. The molecule has 1 aromatic carbocycles. The van der Waals surface area contributed by atoms with Crippen LogP contribution >= 0.6 is 0 Å². The van der Waals surface area contributed by atoms with Crippen LogP contribution in [0.3, 0.4) is 0 Å². The lowest BCUT2D eigenvalue weighted by Crippen LogP contribution is -2.06. The molecule has 0 saturated carbocycles. The number of carbonyl (C=O) groups is 1. The second-order valence-corrected chi connectivity index (χ2v) is 4.22. The van der Waals surface area contributed by atoms with E-state index in [0.29, 0.717) is 5.69 Å². The molecule has 0 aliphatic heterocycles. The summed E-state index contributed by atoms with van der Waals surface area (Å²) in [5, 5.41) is 7.89. The lowest BCUT2D eigenvalue weighted by atomic mass is 10.1. The summed E-state index contributed by atoms with van der Waals surface area (Å²) >= 11 is 0. The monoisotopic (exact) mass is 245 g/mol. The van der Waals surface area contributed by atoms with E-state index in [1.807, 2.05) is 32.0 Å². The van der Waals surface area contributed by atoms with Crippen LogP contribution in [0.1, 0.15) is 27.3 Å². The summed E-state index contributed by atoms with van der Waals surface area (Å²) in [4.78, 5) is 11.5. The molecule has 1 heterocycles. The number of aromatic nitrogens is 3. The molecule has 2 rings (SSSR count). The molecule has 0 radical (unpaired) electrons. The van der Waals surface area contributed by atoms with Gasteiger partial charge in [-0.3, -0.25) is 0 Å². The summed E-state index contributed by atoms with van der Waals surface area (Å²) in [5.41, 5.74) is 4.05. The summed E-state index contributed by atoms with van der Waals surface area (Å²) in [6.45, 7) is 5.80. The highest BCUT2D eigenvalue weighted by Gasteiger charge is 2.18. The Morgan fingerprint density at radius 3 is 2.67 bits per heavy atom. The average Bonchev–Trinajstić information content (AvgIpc) is 2.73. The maximum Gasteiger partial charge on any atom is 0.360 e. The van der Waals surface area contributed by atoms with Crippen molar-refractivity contribution in [3.63, 3.8) is 0 Å². The van der Waals surface area contributed by atoms with Gasteiger partial charge in [-0.2, -0.15) is 0 Å². The van der Waals surface area contributed by atoms with Crippen LogP contribution in [0, 0.1) is 20.8 Å². The number of benzene rings is 1. The number of carbonyl (C=O) groups excluding carboxylic acids is 1. The fourth-order valence-corrected chi connectivity index (χ4v) is 1.79. The maximum absolute atomic E-state index is 11.5. The van der Waals surface area contributed by atoms with Gasteiger partial charge in [-0.05, 0) is 38.0 Å². The molecule has 5 nitrogen and oxygen atoms in total. The van der Waals surface area contributed by atoms with Gasteiger partial charge in [0.15, 0.2) is 5.69 Å². The third-order valence-corrected chi connectivity index (χ3v) is 2.87. The fraction of sp³-hybridized carbons (Fsp3) is 0.308. The van der Waals surface area contributed by atoms with Gasteiger partial charge in [0.2, 0.25) is 0 Å². The van der Waals surface area contributed by atoms with Crippen LogP contribution in [0.2, 0.25) is 0 Å². The highest BCUT2D eigenvalue weighted by molar-refractivity contribution is 5.88. The zero-order valence-corrected chi connectivity index (χ0v) is 10.9. The second kappa shape index (κ2) is 4.60. The minimum Gasteiger partial charge on any atom is -0.464 e. The van der Waals surface area contributed by atoms with E-state index in [9.17, 15) is 4.79 Å². The number of aryl methyl sites for hydroxylation is 2. The molecule has 0 saturated heterocycles. The molecule has 2 aromatic rings. The minimum absolute atomic E-state index is 0.249. The first-order valence-electron chi connectivity index (χ1n) is 5.63. The summed E-state index contributed by atoms with van der Waals surface area (Å²) in [6, 6.07) is 6.06. The van der Waals surface area contributed by atoms with Gasteiger partial charge >= 0.3 is 5.97 Å². The van der Waals surface area contributed by atoms with Crippen LogP contribution in [-0.2, 0) is 4.74 Å². The number of ether oxygens (including phenoxy) is 1. The van der Waals surface area contributed by atoms with Gasteiger partial charge in [-0.25, -0.2) is 9.48 Å². The molecule has 0 N–H and O–H groups in total. The van der Waals surface area contributed by atoms with Crippen LogP contribution in [0.25, 0.3) is 5.69 Å². The number of nitrogens with zero attached hydrogens (tertiary/aromatic N) is 3. The largest absolute Gasteiger partial charge is 0.464 e. The second-order valence-electron chi connectivity index (χ2n) is 4.22. The van der Waals surface area contributed by atoms with E-state index >= 15 is 0 Å². The van der Waals surface area contributed by atoms with Crippen LogP contribution in [0.15, 0.2) is 18.2 Å². The van der Waals surface area contributed by atoms with Crippen LogP contribution in [-0.4, -0.2) is 28.1 Å². The van der Waals surface area contributed by atoms with Gasteiger partial charge in [0.05, 0.1) is 18.5 Å². The smallest absolute Gasteiger partial charge is 0.360 e. The van der Waals surface area contributed by atoms with Crippen molar-refractivity contribution in [3.05, 3.63) is 40.7 Å². The normalized spacial score (nSPS) is 10.4. The number of hydrogen-bond acceptors (Lipinski definition) is 4. The predicted octanol–water partition coefficient (Wildman–Crippen LogP) is 1.98. The van der Waals surface area contributed by atoms with Crippen LogP contribution < -0.4 is 0 Å². The number of esters is 1. The van der Waals surface area contributed by atoms with Crippen molar-refractivity contribution in [2.24, 2.45) is 0 Å². The van der Waals surface area contributed by atoms with Crippen LogP contribution in [0.5, 0.6) is 0 Å².